The fraction of sp³-hybridized carbons (Fsp3) is 0.158. The Bertz CT molecular complexity index is 1050. The van der Waals surface area contributed by atoms with E-state index < -0.39 is 23.5 Å². The van der Waals surface area contributed by atoms with Crippen molar-refractivity contribution in [2.75, 3.05) is 5.32 Å². The van der Waals surface area contributed by atoms with E-state index >= 15 is 0 Å². The highest BCUT2D eigenvalue weighted by molar-refractivity contribution is 6.31. The largest absolute Gasteiger partial charge is 0.365 e. The number of hydrogen-bond acceptors (Lipinski definition) is 4. The van der Waals surface area contributed by atoms with Gasteiger partial charge in [-0.05, 0) is 32.0 Å². The molecule has 3 rings (SSSR count). The lowest BCUT2D eigenvalue weighted by Gasteiger charge is -2.14. The van der Waals surface area contributed by atoms with Crippen molar-refractivity contribution in [2.45, 2.75) is 19.9 Å². The lowest BCUT2D eigenvalue weighted by Crippen LogP contribution is -2.34. The first-order valence-electron chi connectivity index (χ1n) is 8.14. The third kappa shape index (κ3) is 4.20. The molecule has 0 aliphatic rings. The second kappa shape index (κ2) is 7.67. The number of halogens is 2. The number of carbonyl (C=O) groups excluding carboxylic acids is 1. The lowest BCUT2D eigenvalue weighted by molar-refractivity contribution is -0.119. The zero-order valence-electron chi connectivity index (χ0n) is 14.6. The lowest BCUT2D eigenvalue weighted by atomic mass is 10.1. The number of anilines is 1. The summed E-state index contributed by atoms with van der Waals surface area (Å²) in [5.41, 5.74) is 1.94. The molecule has 8 heteroatoms. The van der Waals surface area contributed by atoms with E-state index in [0.717, 1.165) is 21.9 Å². The second-order valence-electron chi connectivity index (χ2n) is 6.03. The molecule has 1 aromatic heterocycles. The van der Waals surface area contributed by atoms with Crippen LogP contribution in [0.5, 0.6) is 0 Å². The molecule has 1 atom stereocenters. The van der Waals surface area contributed by atoms with Crippen molar-refractivity contribution < 1.29 is 9.18 Å². The molecule has 2 aromatic carbocycles. The fourth-order valence-electron chi connectivity index (χ4n) is 2.41. The van der Waals surface area contributed by atoms with Gasteiger partial charge in [0, 0.05) is 11.3 Å². The predicted octanol–water partition coefficient (Wildman–Crippen LogP) is 3.61. The van der Waals surface area contributed by atoms with Crippen molar-refractivity contribution in [3.63, 3.8) is 0 Å². The maximum absolute atomic E-state index is 13.2. The van der Waals surface area contributed by atoms with E-state index in [-0.39, 0.29) is 5.02 Å². The van der Waals surface area contributed by atoms with E-state index in [1.165, 1.54) is 25.3 Å². The summed E-state index contributed by atoms with van der Waals surface area (Å²) < 4.78 is 14.2. The summed E-state index contributed by atoms with van der Waals surface area (Å²) in [4.78, 5) is 28.7. The van der Waals surface area contributed by atoms with E-state index in [4.69, 9.17) is 11.6 Å². The van der Waals surface area contributed by atoms with Crippen LogP contribution in [-0.2, 0) is 4.79 Å². The summed E-state index contributed by atoms with van der Waals surface area (Å²) in [6.07, 6.45) is 1.44. The van der Waals surface area contributed by atoms with Gasteiger partial charge in [0.2, 0.25) is 5.91 Å². The summed E-state index contributed by atoms with van der Waals surface area (Å²) >= 11 is 5.70. The zero-order chi connectivity index (χ0) is 19.6. The van der Waals surface area contributed by atoms with Crippen LogP contribution < -0.4 is 11.0 Å². The van der Waals surface area contributed by atoms with E-state index in [9.17, 15) is 14.0 Å². The molecule has 0 bridgehead atoms. The Morgan fingerprint density at radius 1 is 1.22 bits per heavy atom. The summed E-state index contributed by atoms with van der Waals surface area (Å²) in [7, 11) is 0. The number of aromatic nitrogens is 3. The average Bonchev–Trinajstić information content (AvgIpc) is 2.64. The van der Waals surface area contributed by atoms with Gasteiger partial charge >= 0.3 is 5.69 Å². The molecular weight excluding hydrogens is 371 g/mol. The number of hydrogen-bond donors (Lipinski definition) is 1. The molecule has 3 aromatic rings. The molecule has 0 aliphatic heterocycles. The van der Waals surface area contributed by atoms with Gasteiger partial charge in [-0.15, -0.1) is 0 Å². The molecule has 0 fully saturated rings. The van der Waals surface area contributed by atoms with Crippen LogP contribution in [0.15, 0.2) is 53.5 Å². The molecule has 27 heavy (non-hydrogen) atoms. The van der Waals surface area contributed by atoms with Gasteiger partial charge in [-0.3, -0.25) is 4.79 Å². The van der Waals surface area contributed by atoms with Gasteiger partial charge in [-0.1, -0.05) is 41.4 Å². The Morgan fingerprint density at radius 2 is 1.93 bits per heavy atom. The standard InChI is InChI=1S/C19H16ClFN4O2/c1-11-3-5-13(6-4-11)17-10-22-25(19(27)24-17)12(2)18(26)23-14-7-8-16(21)15(20)9-14/h3-10,12H,1-2H3,(H,23,26)/t12-/m0/s1. The van der Waals surface area contributed by atoms with Gasteiger partial charge in [-0.2, -0.15) is 10.1 Å². The van der Waals surface area contributed by atoms with Gasteiger partial charge in [0.25, 0.3) is 0 Å². The minimum atomic E-state index is -0.916. The van der Waals surface area contributed by atoms with Gasteiger partial charge in [-0.25, -0.2) is 13.9 Å². The molecule has 0 spiro atoms. The van der Waals surface area contributed by atoms with E-state index in [2.05, 4.69) is 15.4 Å². The number of nitrogens with zero attached hydrogens (tertiary/aromatic N) is 3. The number of aryl methyl sites for hydroxylation is 1. The predicted molar refractivity (Wildman–Crippen MR) is 101 cm³/mol. The number of rotatable bonds is 4. The Balaban J connectivity index is 1.80. The summed E-state index contributed by atoms with van der Waals surface area (Å²) in [5.74, 6) is -1.09. The fourth-order valence-corrected chi connectivity index (χ4v) is 2.59. The molecule has 0 aliphatic carbocycles. The molecule has 1 amide bonds. The van der Waals surface area contributed by atoms with Gasteiger partial charge in [0.15, 0.2) is 0 Å². The van der Waals surface area contributed by atoms with Gasteiger partial charge in [0.05, 0.1) is 16.9 Å². The van der Waals surface area contributed by atoms with Crippen LogP contribution in [0.25, 0.3) is 11.3 Å². The van der Waals surface area contributed by atoms with E-state index in [0.29, 0.717) is 11.4 Å². The number of amides is 1. The second-order valence-corrected chi connectivity index (χ2v) is 6.44. The summed E-state index contributed by atoms with van der Waals surface area (Å²) in [5, 5.41) is 6.53. The minimum Gasteiger partial charge on any atom is -0.324 e. The molecule has 138 valence electrons. The van der Waals surface area contributed by atoms with Crippen LogP contribution in [0.3, 0.4) is 0 Å². The Labute approximate surface area is 159 Å². The van der Waals surface area contributed by atoms with Crippen LogP contribution in [0.4, 0.5) is 10.1 Å². The molecule has 0 saturated heterocycles. The molecule has 0 unspecified atom stereocenters. The first-order valence-corrected chi connectivity index (χ1v) is 8.52. The maximum atomic E-state index is 13.2. The van der Waals surface area contributed by atoms with Crippen LogP contribution >= 0.6 is 11.6 Å². The van der Waals surface area contributed by atoms with Gasteiger partial charge < -0.3 is 5.32 Å². The van der Waals surface area contributed by atoms with Crippen molar-refractivity contribution in [3.05, 3.63) is 75.5 Å². The van der Waals surface area contributed by atoms with Gasteiger partial charge in [0.1, 0.15) is 11.9 Å². The smallest absolute Gasteiger partial charge is 0.324 e. The number of benzene rings is 2. The topological polar surface area (TPSA) is 76.9 Å². The van der Waals surface area contributed by atoms with E-state index in [1.807, 2.05) is 31.2 Å². The average molecular weight is 387 g/mol. The first-order chi connectivity index (χ1) is 12.8. The molecule has 0 saturated carbocycles. The summed E-state index contributed by atoms with van der Waals surface area (Å²) in [6, 6.07) is 10.4. The zero-order valence-corrected chi connectivity index (χ0v) is 15.4. The van der Waals surface area contributed by atoms with Crippen LogP contribution in [0.1, 0.15) is 18.5 Å². The van der Waals surface area contributed by atoms with Crippen LogP contribution in [-0.4, -0.2) is 20.7 Å². The Kier molecular flexibility index (Phi) is 5.32. The van der Waals surface area contributed by atoms with Crippen molar-refractivity contribution in [3.8, 4) is 11.3 Å². The minimum absolute atomic E-state index is 0.111. The van der Waals surface area contributed by atoms with Crippen molar-refractivity contribution >= 4 is 23.2 Å². The molecule has 0 radical (unpaired) electrons. The highest BCUT2D eigenvalue weighted by Crippen LogP contribution is 2.20. The molecule has 1 N–H and O–H groups in total. The van der Waals surface area contributed by atoms with Crippen molar-refractivity contribution in [2.24, 2.45) is 0 Å². The summed E-state index contributed by atoms with van der Waals surface area (Å²) in [6.45, 7) is 3.48. The van der Waals surface area contributed by atoms with Crippen LogP contribution in [0.2, 0.25) is 5.02 Å². The number of nitrogens with one attached hydrogen (secondary N) is 1. The number of carbonyl (C=O) groups is 1. The highest BCUT2D eigenvalue weighted by atomic mass is 35.5. The molecular formula is C19H16ClFN4O2. The Hall–Kier alpha value is -3.06. The SMILES string of the molecule is Cc1ccc(-c2cnn([C@@H](C)C(=O)Nc3ccc(F)c(Cl)c3)c(=O)n2)cc1. The monoisotopic (exact) mass is 386 g/mol. The first kappa shape index (κ1) is 18.7. The van der Waals surface area contributed by atoms with Crippen molar-refractivity contribution in [1.82, 2.24) is 14.8 Å². The normalized spacial score (nSPS) is 11.9. The van der Waals surface area contributed by atoms with Crippen molar-refractivity contribution in [1.29, 1.82) is 0 Å². The molecule has 6 nitrogen and oxygen atoms in total. The van der Waals surface area contributed by atoms with Crippen LogP contribution in [0, 0.1) is 12.7 Å². The molecule has 1 heterocycles. The van der Waals surface area contributed by atoms with E-state index in [1.54, 1.807) is 0 Å². The quantitative estimate of drug-likeness (QED) is 0.743. The third-order valence-electron chi connectivity index (χ3n) is 4.00. The Morgan fingerprint density at radius 3 is 2.56 bits per heavy atom. The highest BCUT2D eigenvalue weighted by Gasteiger charge is 2.19. The maximum Gasteiger partial charge on any atom is 0.365 e. The third-order valence-corrected chi connectivity index (χ3v) is 4.29.